The molecule has 0 aliphatic heterocycles. The van der Waals surface area contributed by atoms with Gasteiger partial charge >= 0.3 is 5.97 Å². The molecular weight excluding hydrogens is 366 g/mol. The summed E-state index contributed by atoms with van der Waals surface area (Å²) < 4.78 is 5.57. The SMILES string of the molecule is Cc1nc2sc(C(=O)O[C@@H](C(=O)N(C)C)c3ccccc3)c(C)c2c(=O)[nH]1. The number of fused-ring (bicyclic) bond motifs is 1. The van der Waals surface area contributed by atoms with Crippen LogP contribution < -0.4 is 5.56 Å². The average Bonchev–Trinajstić information content (AvgIpc) is 2.96. The van der Waals surface area contributed by atoms with E-state index >= 15 is 0 Å². The van der Waals surface area contributed by atoms with Crippen molar-refractivity contribution in [3.05, 3.63) is 62.5 Å². The zero-order valence-corrected chi connectivity index (χ0v) is 16.2. The van der Waals surface area contributed by atoms with Crippen LogP contribution in [0.25, 0.3) is 10.2 Å². The Balaban J connectivity index is 2.00. The maximum Gasteiger partial charge on any atom is 0.349 e. The molecule has 0 fully saturated rings. The number of esters is 1. The van der Waals surface area contributed by atoms with E-state index in [-0.39, 0.29) is 16.3 Å². The Labute approximate surface area is 159 Å². The van der Waals surface area contributed by atoms with E-state index < -0.39 is 12.1 Å². The molecule has 0 saturated carbocycles. The first-order chi connectivity index (χ1) is 12.8. The lowest BCUT2D eigenvalue weighted by atomic mass is 10.1. The molecule has 1 aromatic carbocycles. The summed E-state index contributed by atoms with van der Waals surface area (Å²) in [6.07, 6.45) is -1.06. The minimum absolute atomic E-state index is 0.265. The highest BCUT2D eigenvalue weighted by Crippen LogP contribution is 2.30. The van der Waals surface area contributed by atoms with E-state index in [0.29, 0.717) is 27.2 Å². The molecule has 1 amide bonds. The second-order valence-electron chi connectivity index (χ2n) is 6.32. The molecule has 0 unspecified atom stereocenters. The predicted octanol–water partition coefficient (Wildman–Crippen LogP) is 2.59. The summed E-state index contributed by atoms with van der Waals surface area (Å²) in [6.45, 7) is 3.35. The summed E-state index contributed by atoms with van der Waals surface area (Å²) in [4.78, 5) is 46.6. The van der Waals surface area contributed by atoms with Gasteiger partial charge in [-0.05, 0) is 19.4 Å². The number of ether oxygens (including phenoxy) is 1. The summed E-state index contributed by atoms with van der Waals surface area (Å²) in [6, 6.07) is 8.82. The van der Waals surface area contributed by atoms with Crippen LogP contribution in [0.15, 0.2) is 35.1 Å². The largest absolute Gasteiger partial charge is 0.443 e. The highest BCUT2D eigenvalue weighted by molar-refractivity contribution is 7.20. The number of benzene rings is 1. The van der Waals surface area contributed by atoms with E-state index in [4.69, 9.17) is 4.74 Å². The standard InChI is InChI=1S/C19H19N3O4S/c1-10-13-16(23)20-11(2)21-17(13)27-15(10)19(25)26-14(18(24)22(3)4)12-8-6-5-7-9-12/h5-9,14H,1-4H3,(H,20,21,23)/t14-/m1/s1. The maximum absolute atomic E-state index is 12.8. The fourth-order valence-electron chi connectivity index (χ4n) is 2.73. The van der Waals surface area contributed by atoms with Gasteiger partial charge in [-0.3, -0.25) is 9.59 Å². The number of nitrogens with one attached hydrogen (secondary N) is 1. The molecule has 0 saturated heterocycles. The molecule has 0 bridgehead atoms. The van der Waals surface area contributed by atoms with Crippen molar-refractivity contribution in [3.8, 4) is 0 Å². The second kappa shape index (κ2) is 7.32. The Hall–Kier alpha value is -3.00. The topological polar surface area (TPSA) is 92.4 Å². The van der Waals surface area contributed by atoms with Gasteiger partial charge in [0.25, 0.3) is 11.5 Å². The Morgan fingerprint density at radius 3 is 2.48 bits per heavy atom. The summed E-state index contributed by atoms with van der Waals surface area (Å²) in [5, 5.41) is 0.368. The van der Waals surface area contributed by atoms with Crippen LogP contribution in [0, 0.1) is 13.8 Å². The lowest BCUT2D eigenvalue weighted by molar-refractivity contribution is -0.138. The summed E-state index contributed by atoms with van der Waals surface area (Å²) in [5.74, 6) is -0.532. The van der Waals surface area contributed by atoms with Gasteiger partial charge in [0.05, 0.1) is 5.39 Å². The number of hydrogen-bond acceptors (Lipinski definition) is 6. The van der Waals surface area contributed by atoms with Crippen molar-refractivity contribution in [3.63, 3.8) is 0 Å². The first kappa shape index (κ1) is 18.8. The van der Waals surface area contributed by atoms with Crippen molar-refractivity contribution < 1.29 is 14.3 Å². The Bertz CT molecular complexity index is 1070. The summed E-state index contributed by atoms with van der Waals surface area (Å²) in [5.41, 5.74) is 0.780. The first-order valence-electron chi connectivity index (χ1n) is 8.26. The van der Waals surface area contributed by atoms with Crippen LogP contribution in [0.3, 0.4) is 0 Å². The van der Waals surface area contributed by atoms with E-state index in [2.05, 4.69) is 9.97 Å². The molecule has 0 spiro atoms. The molecule has 2 aromatic heterocycles. The Kier molecular flexibility index (Phi) is 5.09. The van der Waals surface area contributed by atoms with Gasteiger partial charge in [-0.1, -0.05) is 30.3 Å². The van der Waals surface area contributed by atoms with Crippen LogP contribution in [0.1, 0.15) is 32.7 Å². The highest BCUT2D eigenvalue weighted by Gasteiger charge is 2.29. The lowest BCUT2D eigenvalue weighted by Gasteiger charge is -2.21. The van der Waals surface area contributed by atoms with Gasteiger partial charge in [-0.2, -0.15) is 0 Å². The number of likely N-dealkylation sites (N-methyl/N-ethyl adjacent to an activating group) is 1. The van der Waals surface area contributed by atoms with Gasteiger partial charge < -0.3 is 14.6 Å². The third-order valence-corrected chi connectivity index (χ3v) is 5.26. The molecule has 0 aliphatic rings. The van der Waals surface area contributed by atoms with Crippen molar-refractivity contribution in [1.29, 1.82) is 0 Å². The van der Waals surface area contributed by atoms with E-state index in [1.807, 2.05) is 6.07 Å². The molecule has 3 rings (SSSR count). The highest BCUT2D eigenvalue weighted by atomic mass is 32.1. The molecule has 0 aliphatic carbocycles. The Morgan fingerprint density at radius 1 is 1.19 bits per heavy atom. The van der Waals surface area contributed by atoms with Crippen LogP contribution in [-0.4, -0.2) is 40.8 Å². The number of aryl methyl sites for hydroxylation is 2. The van der Waals surface area contributed by atoms with Gasteiger partial charge in [0, 0.05) is 19.7 Å². The molecule has 2 heterocycles. The number of hydrogen-bond donors (Lipinski definition) is 1. The molecule has 1 atom stereocenters. The van der Waals surface area contributed by atoms with Crippen LogP contribution in [0.4, 0.5) is 0 Å². The third-order valence-electron chi connectivity index (χ3n) is 4.10. The van der Waals surface area contributed by atoms with Gasteiger partial charge in [0.1, 0.15) is 15.5 Å². The van der Waals surface area contributed by atoms with Crippen molar-refractivity contribution in [2.75, 3.05) is 14.1 Å². The van der Waals surface area contributed by atoms with Crippen LogP contribution in [-0.2, 0) is 9.53 Å². The smallest absolute Gasteiger partial charge is 0.349 e. The normalized spacial score (nSPS) is 12.0. The fourth-order valence-corrected chi connectivity index (χ4v) is 3.84. The molecule has 0 radical (unpaired) electrons. The molecule has 3 aromatic rings. The second-order valence-corrected chi connectivity index (χ2v) is 7.32. The number of amides is 1. The average molecular weight is 385 g/mol. The minimum atomic E-state index is -1.06. The monoisotopic (exact) mass is 385 g/mol. The molecule has 8 heteroatoms. The van der Waals surface area contributed by atoms with Gasteiger partial charge in [0.15, 0.2) is 0 Å². The zero-order valence-electron chi connectivity index (χ0n) is 15.4. The summed E-state index contributed by atoms with van der Waals surface area (Å²) >= 11 is 1.09. The van der Waals surface area contributed by atoms with Crippen LogP contribution >= 0.6 is 11.3 Å². The van der Waals surface area contributed by atoms with Crippen molar-refractivity contribution in [2.24, 2.45) is 0 Å². The van der Waals surface area contributed by atoms with Gasteiger partial charge in [0.2, 0.25) is 6.10 Å². The Morgan fingerprint density at radius 2 is 1.85 bits per heavy atom. The number of thiophene rings is 1. The zero-order chi connectivity index (χ0) is 19.7. The van der Waals surface area contributed by atoms with Crippen molar-refractivity contribution >= 4 is 33.4 Å². The molecule has 1 N–H and O–H groups in total. The summed E-state index contributed by atoms with van der Waals surface area (Å²) in [7, 11) is 3.20. The number of carbonyl (C=O) groups excluding carboxylic acids is 2. The molecule has 140 valence electrons. The van der Waals surface area contributed by atoms with Gasteiger partial charge in [-0.15, -0.1) is 11.3 Å². The van der Waals surface area contributed by atoms with Gasteiger partial charge in [-0.25, -0.2) is 9.78 Å². The molecule has 7 nitrogen and oxygen atoms in total. The number of carbonyl (C=O) groups is 2. The fraction of sp³-hybridized carbons (Fsp3) is 0.263. The van der Waals surface area contributed by atoms with E-state index in [1.165, 1.54) is 4.90 Å². The van der Waals surface area contributed by atoms with E-state index in [1.54, 1.807) is 52.2 Å². The molecular formula is C19H19N3O4S. The number of nitrogens with zero attached hydrogens (tertiary/aromatic N) is 2. The van der Waals surface area contributed by atoms with Crippen LogP contribution in [0.5, 0.6) is 0 Å². The number of rotatable bonds is 4. The maximum atomic E-state index is 12.8. The van der Waals surface area contributed by atoms with E-state index in [0.717, 1.165) is 11.3 Å². The quantitative estimate of drug-likeness (QED) is 0.697. The molecule has 27 heavy (non-hydrogen) atoms. The lowest BCUT2D eigenvalue weighted by Crippen LogP contribution is -2.31. The van der Waals surface area contributed by atoms with Crippen molar-refractivity contribution in [1.82, 2.24) is 14.9 Å². The first-order valence-corrected chi connectivity index (χ1v) is 9.08. The number of H-pyrrole nitrogens is 1. The third kappa shape index (κ3) is 3.61. The van der Waals surface area contributed by atoms with Crippen LogP contribution in [0.2, 0.25) is 0 Å². The number of aromatic nitrogens is 2. The van der Waals surface area contributed by atoms with E-state index in [9.17, 15) is 14.4 Å². The van der Waals surface area contributed by atoms with Crippen molar-refractivity contribution in [2.45, 2.75) is 20.0 Å². The number of aromatic amines is 1. The predicted molar refractivity (Wildman–Crippen MR) is 103 cm³/mol. The minimum Gasteiger partial charge on any atom is -0.443 e.